The van der Waals surface area contributed by atoms with Gasteiger partial charge in [-0.1, -0.05) is 29.8 Å². The highest BCUT2D eigenvalue weighted by Crippen LogP contribution is 2.41. The van der Waals surface area contributed by atoms with Crippen molar-refractivity contribution < 1.29 is 12.8 Å². The molecule has 4 rings (SSSR count). The first-order valence-electron chi connectivity index (χ1n) is 9.75. The van der Waals surface area contributed by atoms with Gasteiger partial charge in [0, 0.05) is 19.1 Å². The fraction of sp³-hybridized carbons (Fsp3) is 0.429. The summed E-state index contributed by atoms with van der Waals surface area (Å²) in [5, 5.41) is -0.191. The number of rotatable bonds is 7. The molecule has 28 heavy (non-hydrogen) atoms. The van der Waals surface area contributed by atoms with Crippen LogP contribution in [0.2, 0.25) is 5.02 Å². The minimum atomic E-state index is -3.67. The van der Waals surface area contributed by atoms with Gasteiger partial charge in [0.25, 0.3) is 0 Å². The van der Waals surface area contributed by atoms with Gasteiger partial charge in [-0.15, -0.1) is 0 Å². The first-order valence-corrected chi connectivity index (χ1v) is 11.6. The van der Waals surface area contributed by atoms with Crippen molar-refractivity contribution in [3.05, 3.63) is 63.9 Å². The zero-order valence-electron chi connectivity index (χ0n) is 15.6. The van der Waals surface area contributed by atoms with E-state index in [1.165, 1.54) is 23.6 Å². The van der Waals surface area contributed by atoms with Crippen LogP contribution in [0.4, 0.5) is 4.39 Å². The van der Waals surface area contributed by atoms with Crippen molar-refractivity contribution in [1.29, 1.82) is 0 Å². The molecular formula is C21H24ClFN2O2S. The van der Waals surface area contributed by atoms with E-state index < -0.39 is 15.8 Å². The van der Waals surface area contributed by atoms with Gasteiger partial charge in [0.15, 0.2) is 0 Å². The molecule has 0 bridgehead atoms. The Bertz CT molecular complexity index is 980. The van der Waals surface area contributed by atoms with E-state index in [0.29, 0.717) is 12.6 Å². The lowest BCUT2D eigenvalue weighted by molar-refractivity contribution is 0.182. The Morgan fingerprint density at radius 3 is 2.71 bits per heavy atom. The number of benzene rings is 2. The Hall–Kier alpha value is -1.47. The topological polar surface area (TPSA) is 49.4 Å². The summed E-state index contributed by atoms with van der Waals surface area (Å²) in [6.07, 6.45) is 5.12. The van der Waals surface area contributed by atoms with E-state index in [-0.39, 0.29) is 9.92 Å². The summed E-state index contributed by atoms with van der Waals surface area (Å²) in [5.74, 6) is -0.626. The molecule has 150 valence electrons. The molecule has 4 nitrogen and oxygen atoms in total. The minimum Gasteiger partial charge on any atom is -0.296 e. The maximum absolute atomic E-state index is 13.2. The molecule has 2 aliphatic rings. The second kappa shape index (κ2) is 8.11. The number of halogens is 2. The van der Waals surface area contributed by atoms with Gasteiger partial charge >= 0.3 is 0 Å². The Labute approximate surface area is 170 Å². The molecule has 2 aromatic carbocycles. The molecule has 1 heterocycles. The molecule has 1 atom stereocenters. The fourth-order valence-corrected chi connectivity index (χ4v) is 5.74. The highest BCUT2D eigenvalue weighted by Gasteiger charge is 2.32. The molecule has 0 saturated heterocycles. The van der Waals surface area contributed by atoms with Crippen LogP contribution < -0.4 is 4.72 Å². The smallest absolute Gasteiger partial charge is 0.240 e. The van der Waals surface area contributed by atoms with Crippen molar-refractivity contribution in [2.45, 2.75) is 43.0 Å². The predicted octanol–water partition coefficient (Wildman–Crippen LogP) is 4.08. The summed E-state index contributed by atoms with van der Waals surface area (Å²) in [4.78, 5) is 2.54. The number of sulfonamides is 1. The molecule has 1 aliphatic carbocycles. The van der Waals surface area contributed by atoms with E-state index in [4.69, 9.17) is 11.6 Å². The molecule has 1 unspecified atom stereocenters. The highest BCUT2D eigenvalue weighted by molar-refractivity contribution is 7.89. The van der Waals surface area contributed by atoms with E-state index >= 15 is 0 Å². The molecule has 0 amide bonds. The van der Waals surface area contributed by atoms with Crippen molar-refractivity contribution in [2.24, 2.45) is 0 Å². The summed E-state index contributed by atoms with van der Waals surface area (Å²) in [6.45, 7) is 2.40. The highest BCUT2D eigenvalue weighted by atomic mass is 35.5. The molecule has 0 saturated carbocycles. The molecule has 1 aliphatic heterocycles. The lowest BCUT2D eigenvalue weighted by Gasteiger charge is -2.35. The van der Waals surface area contributed by atoms with Crippen molar-refractivity contribution >= 4 is 21.6 Å². The van der Waals surface area contributed by atoms with Crippen molar-refractivity contribution in [1.82, 2.24) is 9.62 Å². The lowest BCUT2D eigenvalue weighted by Crippen LogP contribution is -2.35. The fourth-order valence-electron chi connectivity index (χ4n) is 4.39. The largest absolute Gasteiger partial charge is 0.296 e. The monoisotopic (exact) mass is 422 g/mol. The zero-order chi connectivity index (χ0) is 19.7. The van der Waals surface area contributed by atoms with Crippen molar-refractivity contribution in [3.63, 3.8) is 0 Å². The molecule has 0 radical (unpaired) electrons. The molecule has 0 spiro atoms. The average molecular weight is 423 g/mol. The van der Waals surface area contributed by atoms with Gasteiger partial charge in [0.05, 0.1) is 9.92 Å². The van der Waals surface area contributed by atoms with E-state index in [0.717, 1.165) is 50.9 Å². The van der Waals surface area contributed by atoms with Crippen LogP contribution in [0.15, 0.2) is 41.3 Å². The second-order valence-electron chi connectivity index (χ2n) is 7.51. The van der Waals surface area contributed by atoms with Gasteiger partial charge in [-0.3, -0.25) is 4.90 Å². The standard InChI is InChI=1S/C21H24ClFN2O2S/c22-18-14-17(7-8-19(18)23)28(26,27)24-11-1-2-12-25-13-10-16-5-3-4-15-6-9-20(25)21(15)16/h3-5,7-8,14,20,24H,1-2,6,9-13H2. The van der Waals surface area contributed by atoms with Crippen LogP contribution in [0.25, 0.3) is 0 Å². The van der Waals surface area contributed by atoms with Gasteiger partial charge in [0.2, 0.25) is 10.0 Å². The Balaban J connectivity index is 1.27. The molecular weight excluding hydrogens is 399 g/mol. The van der Waals surface area contributed by atoms with Crippen LogP contribution in [0.3, 0.4) is 0 Å². The van der Waals surface area contributed by atoms with Crippen LogP contribution in [0.5, 0.6) is 0 Å². The van der Waals surface area contributed by atoms with Crippen molar-refractivity contribution in [3.8, 4) is 0 Å². The summed E-state index contributed by atoms with van der Waals surface area (Å²) in [6, 6.07) is 10.6. The predicted molar refractivity (Wildman–Crippen MR) is 109 cm³/mol. The SMILES string of the molecule is O=S(=O)(NCCCCN1CCc2cccc3c2C1CC3)c1ccc(F)c(Cl)c1. The van der Waals surface area contributed by atoms with Gasteiger partial charge in [0.1, 0.15) is 5.82 Å². The maximum Gasteiger partial charge on any atom is 0.240 e. The Kier molecular flexibility index (Phi) is 5.74. The normalized spacial score (nSPS) is 19.0. The van der Waals surface area contributed by atoms with Gasteiger partial charge in [-0.25, -0.2) is 17.5 Å². The van der Waals surface area contributed by atoms with Crippen LogP contribution in [0, 0.1) is 5.82 Å². The first kappa shape index (κ1) is 19.8. The van der Waals surface area contributed by atoms with E-state index in [9.17, 15) is 12.8 Å². The van der Waals surface area contributed by atoms with Crippen molar-refractivity contribution in [2.75, 3.05) is 19.6 Å². The summed E-state index contributed by atoms with van der Waals surface area (Å²) < 4.78 is 40.4. The summed E-state index contributed by atoms with van der Waals surface area (Å²) in [7, 11) is -3.67. The average Bonchev–Trinajstić information content (AvgIpc) is 3.11. The van der Waals surface area contributed by atoms with E-state index in [1.54, 1.807) is 5.56 Å². The third-order valence-electron chi connectivity index (χ3n) is 5.78. The summed E-state index contributed by atoms with van der Waals surface area (Å²) >= 11 is 5.68. The van der Waals surface area contributed by atoms with Gasteiger partial charge in [-0.05, 0) is 73.5 Å². The Morgan fingerprint density at radius 2 is 1.93 bits per heavy atom. The number of nitrogens with zero attached hydrogens (tertiary/aromatic N) is 1. The molecule has 0 fully saturated rings. The van der Waals surface area contributed by atoms with Crippen LogP contribution >= 0.6 is 11.6 Å². The van der Waals surface area contributed by atoms with Gasteiger partial charge < -0.3 is 0 Å². The van der Waals surface area contributed by atoms with E-state index in [1.807, 2.05) is 0 Å². The second-order valence-corrected chi connectivity index (χ2v) is 9.69. The summed E-state index contributed by atoms with van der Waals surface area (Å²) in [5.41, 5.74) is 4.54. The van der Waals surface area contributed by atoms with Gasteiger partial charge in [-0.2, -0.15) is 0 Å². The number of unbranched alkanes of at least 4 members (excludes halogenated alkanes) is 1. The number of hydrogen-bond donors (Lipinski definition) is 1. The number of aryl methyl sites for hydroxylation is 1. The molecule has 2 aromatic rings. The first-order chi connectivity index (χ1) is 13.5. The third kappa shape index (κ3) is 3.96. The zero-order valence-corrected chi connectivity index (χ0v) is 17.2. The number of nitrogens with one attached hydrogen (secondary N) is 1. The lowest BCUT2D eigenvalue weighted by atomic mass is 9.93. The van der Waals surface area contributed by atoms with Crippen LogP contribution in [0.1, 0.15) is 42.0 Å². The van der Waals surface area contributed by atoms with Crippen LogP contribution in [-0.2, 0) is 22.9 Å². The molecule has 7 heteroatoms. The van der Waals surface area contributed by atoms with Crippen LogP contribution in [-0.4, -0.2) is 33.0 Å². The Morgan fingerprint density at radius 1 is 1.14 bits per heavy atom. The molecule has 0 aromatic heterocycles. The third-order valence-corrected chi connectivity index (χ3v) is 7.53. The quantitative estimate of drug-likeness (QED) is 0.684. The van der Waals surface area contributed by atoms with E-state index in [2.05, 4.69) is 27.8 Å². The number of hydrogen-bond acceptors (Lipinski definition) is 3. The minimum absolute atomic E-state index is 0.00924. The molecule has 1 N–H and O–H groups in total. The maximum atomic E-state index is 13.2.